The summed E-state index contributed by atoms with van der Waals surface area (Å²) >= 11 is 0. The highest BCUT2D eigenvalue weighted by molar-refractivity contribution is 5.91. The quantitative estimate of drug-likeness (QED) is 0.768. The molecular formula is C14H13N5O3. The van der Waals surface area contributed by atoms with Gasteiger partial charge < -0.3 is 14.6 Å². The maximum Gasteiger partial charge on any atom is 0.262 e. The number of nitrogens with one attached hydrogen (secondary N) is 1. The van der Waals surface area contributed by atoms with Crippen LogP contribution in [0.5, 0.6) is 5.88 Å². The van der Waals surface area contributed by atoms with Crippen LogP contribution in [0.4, 0.5) is 5.69 Å². The number of amides is 1. The lowest BCUT2D eigenvalue weighted by molar-refractivity contribution is -0.118. The predicted octanol–water partition coefficient (Wildman–Crippen LogP) is 1.58. The summed E-state index contributed by atoms with van der Waals surface area (Å²) in [6.07, 6.45) is 6.66. The number of aromatic nitrogens is 4. The van der Waals surface area contributed by atoms with E-state index in [1.54, 1.807) is 54.6 Å². The molecule has 0 spiro atoms. The fourth-order valence-electron chi connectivity index (χ4n) is 1.76. The first kappa shape index (κ1) is 13.8. The fourth-order valence-corrected chi connectivity index (χ4v) is 1.76. The number of nitrogens with zero attached hydrogens (tertiary/aromatic N) is 4. The first-order valence-corrected chi connectivity index (χ1v) is 6.51. The molecule has 0 aliphatic rings. The number of anilines is 1. The van der Waals surface area contributed by atoms with E-state index >= 15 is 0 Å². The largest absolute Gasteiger partial charge is 0.465 e. The van der Waals surface area contributed by atoms with Crippen molar-refractivity contribution < 1.29 is 14.1 Å². The fraction of sp³-hybridized carbons (Fsp3) is 0.143. The van der Waals surface area contributed by atoms with Crippen LogP contribution in [-0.2, 0) is 4.79 Å². The zero-order chi connectivity index (χ0) is 15.4. The van der Waals surface area contributed by atoms with Crippen LogP contribution in [0.3, 0.4) is 0 Å². The molecule has 0 saturated carbocycles. The lowest BCUT2D eigenvalue weighted by Gasteiger charge is -2.06. The summed E-state index contributed by atoms with van der Waals surface area (Å²) in [4.78, 5) is 20.0. The Kier molecular flexibility index (Phi) is 3.82. The molecular weight excluding hydrogens is 286 g/mol. The van der Waals surface area contributed by atoms with Crippen molar-refractivity contribution in [2.24, 2.45) is 0 Å². The topological polar surface area (TPSA) is 95.1 Å². The van der Waals surface area contributed by atoms with Gasteiger partial charge in [0, 0.05) is 18.5 Å². The molecule has 8 heteroatoms. The Balaban J connectivity index is 1.55. The van der Waals surface area contributed by atoms with Gasteiger partial charge >= 0.3 is 0 Å². The van der Waals surface area contributed by atoms with Gasteiger partial charge in [0.25, 0.3) is 11.8 Å². The number of carbonyl (C=O) groups excluding carboxylic acids is 1. The average molecular weight is 299 g/mol. The molecule has 0 unspecified atom stereocenters. The van der Waals surface area contributed by atoms with Crippen molar-refractivity contribution in [3.05, 3.63) is 48.9 Å². The molecule has 3 rings (SSSR count). The van der Waals surface area contributed by atoms with Crippen molar-refractivity contribution >= 4 is 11.6 Å². The second-order valence-electron chi connectivity index (χ2n) is 4.49. The number of aryl methyl sites for hydroxylation is 1. The van der Waals surface area contributed by atoms with Crippen LogP contribution in [0.25, 0.3) is 5.82 Å². The van der Waals surface area contributed by atoms with Gasteiger partial charge in [0.1, 0.15) is 17.9 Å². The Hall–Kier alpha value is -3.16. The first-order valence-electron chi connectivity index (χ1n) is 6.51. The monoisotopic (exact) mass is 299 g/mol. The number of hydrogen-bond donors (Lipinski definition) is 1. The highest BCUT2D eigenvalue weighted by atomic mass is 16.5. The number of ether oxygens (including phenoxy) is 1. The Morgan fingerprint density at radius 2 is 2.36 bits per heavy atom. The van der Waals surface area contributed by atoms with Crippen LogP contribution in [-0.4, -0.2) is 32.2 Å². The Morgan fingerprint density at radius 3 is 3.00 bits per heavy atom. The summed E-state index contributed by atoms with van der Waals surface area (Å²) in [5.74, 6) is 1.30. The molecule has 112 valence electrons. The van der Waals surface area contributed by atoms with Crippen molar-refractivity contribution in [3.8, 4) is 11.7 Å². The van der Waals surface area contributed by atoms with Crippen LogP contribution in [0, 0.1) is 6.92 Å². The summed E-state index contributed by atoms with van der Waals surface area (Å²) < 4.78 is 11.8. The normalized spacial score (nSPS) is 10.4. The van der Waals surface area contributed by atoms with E-state index in [1.807, 2.05) is 0 Å². The summed E-state index contributed by atoms with van der Waals surface area (Å²) in [5, 5.41) is 6.32. The highest BCUT2D eigenvalue weighted by Crippen LogP contribution is 2.11. The van der Waals surface area contributed by atoms with Crippen LogP contribution < -0.4 is 10.1 Å². The second-order valence-corrected chi connectivity index (χ2v) is 4.49. The number of rotatable bonds is 5. The van der Waals surface area contributed by atoms with Crippen molar-refractivity contribution in [1.82, 2.24) is 19.7 Å². The first-order chi connectivity index (χ1) is 10.7. The molecule has 0 fully saturated rings. The molecule has 0 saturated heterocycles. The Bertz CT molecular complexity index is 749. The molecule has 0 aliphatic heterocycles. The minimum atomic E-state index is -0.308. The van der Waals surface area contributed by atoms with Gasteiger partial charge in [-0.15, -0.1) is 0 Å². The van der Waals surface area contributed by atoms with Crippen molar-refractivity contribution in [1.29, 1.82) is 0 Å². The smallest absolute Gasteiger partial charge is 0.262 e. The van der Waals surface area contributed by atoms with Gasteiger partial charge in [0.05, 0.1) is 11.9 Å². The molecule has 3 aromatic rings. The number of hydrogen-bond acceptors (Lipinski definition) is 6. The molecule has 0 aromatic carbocycles. The average Bonchev–Trinajstić information content (AvgIpc) is 3.17. The Morgan fingerprint density at radius 1 is 1.45 bits per heavy atom. The summed E-state index contributed by atoms with van der Waals surface area (Å²) in [6, 6.07) is 5.13. The third-order valence-corrected chi connectivity index (χ3v) is 2.76. The van der Waals surface area contributed by atoms with Crippen LogP contribution in [0.15, 0.2) is 47.6 Å². The van der Waals surface area contributed by atoms with Crippen LogP contribution in [0.2, 0.25) is 0 Å². The van der Waals surface area contributed by atoms with Gasteiger partial charge in [-0.05, 0) is 24.2 Å². The molecule has 8 nitrogen and oxygen atoms in total. The van der Waals surface area contributed by atoms with Crippen molar-refractivity contribution in [3.63, 3.8) is 0 Å². The van der Waals surface area contributed by atoms with E-state index in [2.05, 4.69) is 20.4 Å². The number of carbonyl (C=O) groups is 1. The lowest BCUT2D eigenvalue weighted by atomic mass is 10.4. The molecule has 1 amide bonds. The van der Waals surface area contributed by atoms with Crippen LogP contribution >= 0.6 is 0 Å². The molecule has 22 heavy (non-hydrogen) atoms. The third kappa shape index (κ3) is 3.29. The van der Waals surface area contributed by atoms with Gasteiger partial charge in [-0.3, -0.25) is 9.36 Å². The summed E-state index contributed by atoms with van der Waals surface area (Å²) in [6.45, 7) is 1.59. The van der Waals surface area contributed by atoms with Gasteiger partial charge in [0.15, 0.2) is 6.61 Å². The molecule has 3 aromatic heterocycles. The zero-order valence-corrected chi connectivity index (χ0v) is 11.8. The summed E-state index contributed by atoms with van der Waals surface area (Å²) in [5.41, 5.74) is 0.578. The van der Waals surface area contributed by atoms with E-state index in [1.165, 1.54) is 0 Å². The number of pyridine rings is 1. The van der Waals surface area contributed by atoms with E-state index in [0.717, 1.165) is 0 Å². The van der Waals surface area contributed by atoms with Gasteiger partial charge in [-0.2, -0.15) is 0 Å². The van der Waals surface area contributed by atoms with Crippen molar-refractivity contribution in [2.75, 3.05) is 11.9 Å². The minimum Gasteiger partial charge on any atom is -0.465 e. The highest BCUT2D eigenvalue weighted by Gasteiger charge is 2.07. The lowest BCUT2D eigenvalue weighted by Crippen LogP contribution is -2.20. The van der Waals surface area contributed by atoms with E-state index in [0.29, 0.717) is 17.3 Å². The van der Waals surface area contributed by atoms with E-state index in [4.69, 9.17) is 9.26 Å². The predicted molar refractivity (Wildman–Crippen MR) is 76.7 cm³/mol. The van der Waals surface area contributed by atoms with E-state index in [9.17, 15) is 4.79 Å². The van der Waals surface area contributed by atoms with Crippen LogP contribution in [0.1, 0.15) is 5.76 Å². The summed E-state index contributed by atoms with van der Waals surface area (Å²) in [7, 11) is 0. The van der Waals surface area contributed by atoms with Gasteiger partial charge in [-0.1, -0.05) is 0 Å². The van der Waals surface area contributed by atoms with E-state index < -0.39 is 0 Å². The second kappa shape index (κ2) is 6.08. The molecule has 0 aliphatic carbocycles. The van der Waals surface area contributed by atoms with E-state index in [-0.39, 0.29) is 18.4 Å². The number of imidazole rings is 1. The zero-order valence-electron chi connectivity index (χ0n) is 11.8. The maximum absolute atomic E-state index is 11.8. The van der Waals surface area contributed by atoms with Gasteiger partial charge in [0.2, 0.25) is 0 Å². The maximum atomic E-state index is 11.8. The molecule has 1 N–H and O–H groups in total. The van der Waals surface area contributed by atoms with Gasteiger partial charge in [-0.25, -0.2) is 9.97 Å². The molecule has 0 radical (unpaired) electrons. The third-order valence-electron chi connectivity index (χ3n) is 2.76. The molecule has 0 bridgehead atoms. The molecule has 0 atom stereocenters. The standard InChI is InChI=1S/C14H13N5O3/c1-10-6-14(18-22-10)21-8-13(20)17-11-2-3-12(16-7-11)19-5-4-15-9-19/h2-7,9H,8H2,1H3,(H,17,20). The SMILES string of the molecule is Cc1cc(OCC(=O)Nc2ccc(-n3ccnc3)nc2)no1. The van der Waals surface area contributed by atoms with Crippen molar-refractivity contribution in [2.45, 2.75) is 6.92 Å². The molecule has 3 heterocycles. The Labute approximate surface area is 125 Å². The minimum absolute atomic E-state index is 0.157.